The van der Waals surface area contributed by atoms with Crippen molar-refractivity contribution in [3.63, 3.8) is 0 Å². The smallest absolute Gasteiger partial charge is 0.305 e. The summed E-state index contributed by atoms with van der Waals surface area (Å²) in [5.74, 6) is -2.49. The number of nitrogens with two attached hydrogens (primary N) is 1. The summed E-state index contributed by atoms with van der Waals surface area (Å²) in [6, 6.07) is 19.1. The molecule has 0 aliphatic carbocycles. The Hall–Kier alpha value is -3.76. The molecule has 0 radical (unpaired) electrons. The number of aromatic amines is 1. The van der Waals surface area contributed by atoms with Gasteiger partial charge in [-0.2, -0.15) is 0 Å². The van der Waals surface area contributed by atoms with Crippen molar-refractivity contribution in [1.82, 2.24) is 4.98 Å². The Balaban J connectivity index is 1.29. The zero-order chi connectivity index (χ0) is 30.5. The number of amides is 3. The van der Waals surface area contributed by atoms with Crippen LogP contribution in [-0.2, 0) is 24.4 Å². The molecular weight excluding hydrogens is 680 g/mol. The monoisotopic (exact) mass is 700 g/mol. The Bertz CT molecular complexity index is 1920. The van der Waals surface area contributed by atoms with Gasteiger partial charge in [-0.1, -0.05) is 57.2 Å². The minimum Gasteiger partial charge on any atom is -0.483 e. The zero-order valence-corrected chi connectivity index (χ0v) is 25.9. The van der Waals surface area contributed by atoms with Gasteiger partial charge in [0.05, 0.1) is 21.5 Å². The highest BCUT2D eigenvalue weighted by Gasteiger charge is 2.56. The first kappa shape index (κ1) is 29.3. The van der Waals surface area contributed by atoms with Crippen LogP contribution < -0.4 is 25.0 Å². The number of nitrogens with one attached hydrogen (secondary N) is 2. The molecule has 0 spiro atoms. The van der Waals surface area contributed by atoms with E-state index in [1.165, 1.54) is 40.9 Å². The first-order valence-electron chi connectivity index (χ1n) is 12.7. The van der Waals surface area contributed by atoms with Crippen LogP contribution in [0.1, 0.15) is 16.4 Å². The van der Waals surface area contributed by atoms with Crippen molar-refractivity contribution in [2.75, 3.05) is 16.8 Å². The number of thiazole rings is 1. The van der Waals surface area contributed by atoms with E-state index in [0.717, 1.165) is 15.8 Å². The molecule has 6 rings (SSSR count). The van der Waals surface area contributed by atoms with Crippen LogP contribution in [0.2, 0.25) is 0 Å². The van der Waals surface area contributed by atoms with E-state index < -0.39 is 45.5 Å². The van der Waals surface area contributed by atoms with Gasteiger partial charge < -0.3 is 15.0 Å². The van der Waals surface area contributed by atoms with Gasteiger partial charge in [-0.3, -0.25) is 19.2 Å². The number of sulfonamides is 1. The summed E-state index contributed by atoms with van der Waals surface area (Å²) < 4.78 is 29.7. The largest absolute Gasteiger partial charge is 0.483 e. The lowest BCUT2D eigenvalue weighted by molar-refractivity contribution is -0.122. The van der Waals surface area contributed by atoms with Gasteiger partial charge in [0, 0.05) is 26.5 Å². The van der Waals surface area contributed by atoms with Gasteiger partial charge in [0.15, 0.2) is 6.61 Å². The number of H-pyrrole nitrogens is 1. The topological polar surface area (TPSA) is 169 Å². The predicted octanol–water partition coefficient (Wildman–Crippen LogP) is 3.66. The van der Waals surface area contributed by atoms with Crippen molar-refractivity contribution >= 4 is 78.1 Å². The summed E-state index contributed by atoms with van der Waals surface area (Å²) in [7, 11) is -3.87. The molecule has 1 fully saturated rings. The number of benzene rings is 3. The molecule has 3 amide bonds. The first-order chi connectivity index (χ1) is 20.5. The molecule has 3 heterocycles. The second kappa shape index (κ2) is 11.4. The summed E-state index contributed by atoms with van der Waals surface area (Å²) in [4.78, 5) is 56.9. The quantitative estimate of drug-likeness (QED) is 0.246. The van der Waals surface area contributed by atoms with Gasteiger partial charge in [0.25, 0.3) is 5.91 Å². The molecule has 2 aliphatic rings. The summed E-state index contributed by atoms with van der Waals surface area (Å²) in [6.07, 6.45) is 0. The number of hydrogen-bond acceptors (Lipinski definition) is 9. The molecule has 15 heteroatoms. The van der Waals surface area contributed by atoms with Crippen LogP contribution in [0.5, 0.6) is 5.75 Å². The summed E-state index contributed by atoms with van der Waals surface area (Å²) in [5, 5.41) is 7.49. The number of hydrogen-bond donors (Lipinski definition) is 3. The summed E-state index contributed by atoms with van der Waals surface area (Å²) in [6.45, 7) is -0.405. The van der Waals surface area contributed by atoms with Gasteiger partial charge >= 0.3 is 4.87 Å². The molecule has 220 valence electrons. The molecule has 4 aromatic rings. The minimum absolute atomic E-state index is 0.0929. The number of aromatic nitrogens is 1. The molecule has 0 bridgehead atoms. The van der Waals surface area contributed by atoms with Gasteiger partial charge in [0.2, 0.25) is 21.8 Å². The van der Waals surface area contributed by atoms with Crippen molar-refractivity contribution in [3.05, 3.63) is 97.4 Å². The maximum Gasteiger partial charge on any atom is 0.305 e. The van der Waals surface area contributed by atoms with Crippen LogP contribution in [0.25, 0.3) is 0 Å². The minimum atomic E-state index is -3.87. The Morgan fingerprint density at radius 3 is 2.40 bits per heavy atom. The predicted molar refractivity (Wildman–Crippen MR) is 165 cm³/mol. The zero-order valence-electron chi connectivity index (χ0n) is 21.9. The third kappa shape index (κ3) is 5.65. The molecule has 0 unspecified atom stereocenters. The number of rotatable bonds is 7. The fraction of sp³-hybridized carbons (Fsp3) is 0.143. The normalized spacial score (nSPS) is 19.6. The number of para-hydroxylation sites is 1. The molecule has 0 saturated carbocycles. The lowest BCUT2D eigenvalue weighted by Crippen LogP contribution is -2.32. The maximum atomic E-state index is 13.9. The standard InChI is InChI=1S/C28H21BrN4O7S3/c29-14-5-9-16(10-6-14)33-26(35)22-21(23-25(32-28(37)42-23)41-24(22)27(33)36)18-3-1-2-4-19(18)40-13-20(34)31-15-7-11-17(12-8-15)43(30,38)39/h1-12,21-22,24H,13H2,(H,31,34)(H,32,37)(H2,30,38,39)/t21-,22-,24+/m0/s1. The van der Waals surface area contributed by atoms with Crippen LogP contribution in [0.3, 0.4) is 0 Å². The van der Waals surface area contributed by atoms with Gasteiger partial charge in [-0.15, -0.1) is 0 Å². The lowest BCUT2D eigenvalue weighted by atomic mass is 9.82. The van der Waals surface area contributed by atoms with Crippen molar-refractivity contribution in [3.8, 4) is 5.75 Å². The average Bonchev–Trinajstić information content (AvgIpc) is 3.46. The lowest BCUT2D eigenvalue weighted by Gasteiger charge is -2.30. The number of fused-ring (bicyclic) bond motifs is 2. The first-order valence-corrected chi connectivity index (χ1v) is 16.7. The van der Waals surface area contributed by atoms with E-state index in [4.69, 9.17) is 9.88 Å². The van der Waals surface area contributed by atoms with E-state index in [1.807, 2.05) is 0 Å². The number of ether oxygens (including phenoxy) is 1. The molecule has 2 aliphatic heterocycles. The molecule has 43 heavy (non-hydrogen) atoms. The molecular formula is C28H21BrN4O7S3. The number of halogens is 1. The highest BCUT2D eigenvalue weighted by Crippen LogP contribution is 2.54. The summed E-state index contributed by atoms with van der Waals surface area (Å²) >= 11 is 5.52. The van der Waals surface area contributed by atoms with E-state index >= 15 is 0 Å². The summed E-state index contributed by atoms with van der Waals surface area (Å²) in [5.41, 5.74) is 1.34. The van der Waals surface area contributed by atoms with E-state index in [1.54, 1.807) is 48.5 Å². The molecule has 11 nitrogen and oxygen atoms in total. The molecule has 1 saturated heterocycles. The van der Waals surface area contributed by atoms with Crippen molar-refractivity contribution in [1.29, 1.82) is 0 Å². The molecule has 1 aromatic heterocycles. The van der Waals surface area contributed by atoms with Crippen LogP contribution in [0.4, 0.5) is 11.4 Å². The van der Waals surface area contributed by atoms with E-state index in [2.05, 4.69) is 26.2 Å². The van der Waals surface area contributed by atoms with Crippen molar-refractivity contribution in [2.24, 2.45) is 11.1 Å². The van der Waals surface area contributed by atoms with Gasteiger partial charge in [0.1, 0.15) is 11.0 Å². The van der Waals surface area contributed by atoms with E-state index in [-0.39, 0.29) is 15.7 Å². The van der Waals surface area contributed by atoms with Gasteiger partial charge in [-0.05, 0) is 54.6 Å². The Labute approximate surface area is 261 Å². The number of carbonyl (C=O) groups excluding carboxylic acids is 3. The average molecular weight is 702 g/mol. The van der Waals surface area contributed by atoms with Crippen LogP contribution in [0.15, 0.2) is 92.0 Å². The number of primary sulfonamides is 1. The maximum absolute atomic E-state index is 13.9. The van der Waals surface area contributed by atoms with E-state index in [0.29, 0.717) is 32.6 Å². The fourth-order valence-corrected chi connectivity index (χ4v) is 8.42. The number of imide groups is 1. The molecule has 4 N–H and O–H groups in total. The SMILES string of the molecule is NS(=O)(=O)c1ccc(NC(=O)COc2ccccc2[C@@H]2c3sc(=O)[nH]c3S[C@H]3C(=O)N(c4ccc(Br)cc4)C(=O)[C@@H]23)cc1. The van der Waals surface area contributed by atoms with E-state index in [9.17, 15) is 27.6 Å². The van der Waals surface area contributed by atoms with Crippen LogP contribution in [-0.4, -0.2) is 43.0 Å². The Morgan fingerprint density at radius 2 is 1.70 bits per heavy atom. The molecule has 3 atom stereocenters. The Morgan fingerprint density at radius 1 is 1.00 bits per heavy atom. The number of carbonyl (C=O) groups is 3. The third-order valence-corrected chi connectivity index (χ3v) is 10.8. The highest BCUT2D eigenvalue weighted by atomic mass is 79.9. The highest BCUT2D eigenvalue weighted by molar-refractivity contribution is 9.10. The van der Waals surface area contributed by atoms with Crippen LogP contribution in [0, 0.1) is 5.92 Å². The third-order valence-electron chi connectivity index (χ3n) is 6.99. The second-order valence-electron chi connectivity index (χ2n) is 9.68. The Kier molecular flexibility index (Phi) is 7.76. The number of anilines is 2. The fourth-order valence-electron chi connectivity index (χ4n) is 5.13. The number of nitrogens with zero attached hydrogens (tertiary/aromatic N) is 1. The molecule has 3 aromatic carbocycles. The van der Waals surface area contributed by atoms with Crippen LogP contribution >= 0.6 is 39.0 Å². The van der Waals surface area contributed by atoms with Crippen molar-refractivity contribution < 1.29 is 27.5 Å². The van der Waals surface area contributed by atoms with Gasteiger partial charge in [-0.25, -0.2) is 18.5 Å². The number of thioether (sulfide) groups is 1. The second-order valence-corrected chi connectivity index (χ2v) is 14.3. The van der Waals surface area contributed by atoms with Crippen molar-refractivity contribution in [2.45, 2.75) is 21.1 Å².